The molecule has 1 saturated heterocycles. The fourth-order valence-electron chi connectivity index (χ4n) is 2.69. The first kappa shape index (κ1) is 14.5. The minimum absolute atomic E-state index is 0.0274. The van der Waals surface area contributed by atoms with Gasteiger partial charge in [0.25, 0.3) is 0 Å². The lowest BCUT2D eigenvalue weighted by atomic mass is 10.1. The van der Waals surface area contributed by atoms with Crippen molar-refractivity contribution in [2.45, 2.75) is 39.2 Å². The lowest BCUT2D eigenvalue weighted by molar-refractivity contribution is 0.187. The van der Waals surface area contributed by atoms with E-state index in [0.29, 0.717) is 5.92 Å². The van der Waals surface area contributed by atoms with Crippen LogP contribution >= 0.6 is 0 Å². The summed E-state index contributed by atoms with van der Waals surface area (Å²) in [5.74, 6) is 3.14. The molecule has 2 amide bonds. The van der Waals surface area contributed by atoms with Crippen LogP contribution in [0.5, 0.6) is 0 Å². The number of benzene rings is 1. The molecule has 3 nitrogen and oxygen atoms in total. The number of amides is 2. The summed E-state index contributed by atoms with van der Waals surface area (Å²) in [6.45, 7) is 5.15. The van der Waals surface area contributed by atoms with Crippen LogP contribution in [0, 0.1) is 18.3 Å². The maximum Gasteiger partial charge on any atom is 0.322 e. The normalized spacial score (nSPS) is 22.8. The SMILES string of the molecule is C#Cc1cccc(NC(=O)N2C[C@@H](C)CCC[C@H]2C)c1. The van der Waals surface area contributed by atoms with Crippen molar-refractivity contribution in [2.24, 2.45) is 5.92 Å². The smallest absolute Gasteiger partial charge is 0.322 e. The van der Waals surface area contributed by atoms with Gasteiger partial charge in [-0.1, -0.05) is 25.3 Å². The number of anilines is 1. The van der Waals surface area contributed by atoms with Crippen molar-refractivity contribution >= 4 is 11.7 Å². The summed E-state index contributed by atoms with van der Waals surface area (Å²) in [4.78, 5) is 14.4. The molecule has 1 aromatic rings. The van der Waals surface area contributed by atoms with Crippen LogP contribution in [-0.4, -0.2) is 23.5 Å². The van der Waals surface area contributed by atoms with Gasteiger partial charge in [-0.25, -0.2) is 4.79 Å². The van der Waals surface area contributed by atoms with Crippen LogP contribution in [0.15, 0.2) is 24.3 Å². The number of nitrogens with one attached hydrogen (secondary N) is 1. The highest BCUT2D eigenvalue weighted by atomic mass is 16.2. The van der Waals surface area contributed by atoms with Crippen molar-refractivity contribution in [1.29, 1.82) is 0 Å². The molecule has 0 aliphatic carbocycles. The Bertz CT molecular complexity index is 518. The third-order valence-corrected chi connectivity index (χ3v) is 3.90. The second-order valence-corrected chi connectivity index (χ2v) is 5.69. The largest absolute Gasteiger partial charge is 0.322 e. The van der Waals surface area contributed by atoms with E-state index in [1.165, 1.54) is 12.8 Å². The first-order valence-corrected chi connectivity index (χ1v) is 7.24. The van der Waals surface area contributed by atoms with E-state index in [1.807, 2.05) is 29.2 Å². The number of nitrogens with zero attached hydrogens (tertiary/aromatic N) is 1. The van der Waals surface area contributed by atoms with E-state index in [4.69, 9.17) is 6.42 Å². The van der Waals surface area contributed by atoms with Crippen LogP contribution in [-0.2, 0) is 0 Å². The van der Waals surface area contributed by atoms with Crippen LogP contribution in [0.25, 0.3) is 0 Å². The second kappa shape index (κ2) is 6.47. The monoisotopic (exact) mass is 270 g/mol. The lowest BCUT2D eigenvalue weighted by Crippen LogP contribution is -2.42. The first-order chi connectivity index (χ1) is 9.60. The Balaban J connectivity index is 2.08. The maximum absolute atomic E-state index is 12.4. The van der Waals surface area contributed by atoms with Crippen molar-refractivity contribution in [3.63, 3.8) is 0 Å². The van der Waals surface area contributed by atoms with Crippen molar-refractivity contribution in [2.75, 3.05) is 11.9 Å². The van der Waals surface area contributed by atoms with Gasteiger partial charge in [0, 0.05) is 23.8 Å². The van der Waals surface area contributed by atoms with Crippen LogP contribution in [0.3, 0.4) is 0 Å². The predicted molar refractivity (Wildman–Crippen MR) is 82.6 cm³/mol. The molecule has 0 spiro atoms. The molecule has 0 unspecified atom stereocenters. The third kappa shape index (κ3) is 3.54. The van der Waals surface area contributed by atoms with Gasteiger partial charge in [0.2, 0.25) is 0 Å². The Hall–Kier alpha value is -1.95. The molecule has 2 atom stereocenters. The fourth-order valence-corrected chi connectivity index (χ4v) is 2.69. The van der Waals surface area contributed by atoms with E-state index in [0.717, 1.165) is 24.2 Å². The van der Waals surface area contributed by atoms with Crippen molar-refractivity contribution in [3.8, 4) is 12.3 Å². The fraction of sp³-hybridized carbons (Fsp3) is 0.471. The molecule has 1 aliphatic heterocycles. The summed E-state index contributed by atoms with van der Waals surface area (Å²) in [5, 5.41) is 2.96. The highest BCUT2D eigenvalue weighted by molar-refractivity contribution is 5.89. The summed E-state index contributed by atoms with van der Waals surface area (Å²) in [5.41, 5.74) is 1.54. The van der Waals surface area contributed by atoms with E-state index in [2.05, 4.69) is 25.1 Å². The standard InChI is InChI=1S/C17H22N2O/c1-4-15-9-6-10-16(11-15)18-17(20)19-12-13(2)7-5-8-14(19)3/h1,6,9-11,13-14H,5,7-8,12H2,2-3H3,(H,18,20)/t13-,14+/m0/s1. The molecule has 106 valence electrons. The number of carbonyl (C=O) groups excluding carboxylic acids is 1. The Morgan fingerprint density at radius 3 is 2.95 bits per heavy atom. The molecule has 1 fully saturated rings. The van der Waals surface area contributed by atoms with Crippen LogP contribution < -0.4 is 5.32 Å². The Labute approximate surface area is 121 Å². The van der Waals surface area contributed by atoms with E-state index in [1.54, 1.807) is 0 Å². The number of rotatable bonds is 1. The average molecular weight is 270 g/mol. The number of terminal acetylenes is 1. The number of carbonyl (C=O) groups is 1. The Morgan fingerprint density at radius 2 is 2.20 bits per heavy atom. The van der Waals surface area contributed by atoms with E-state index in [9.17, 15) is 4.79 Å². The summed E-state index contributed by atoms with van der Waals surface area (Å²) >= 11 is 0. The highest BCUT2D eigenvalue weighted by Crippen LogP contribution is 2.21. The number of hydrogen-bond acceptors (Lipinski definition) is 1. The van der Waals surface area contributed by atoms with Crippen molar-refractivity contribution < 1.29 is 4.79 Å². The van der Waals surface area contributed by atoms with Gasteiger partial charge in [0.15, 0.2) is 0 Å². The van der Waals surface area contributed by atoms with Gasteiger partial charge < -0.3 is 10.2 Å². The topological polar surface area (TPSA) is 32.3 Å². The Morgan fingerprint density at radius 1 is 1.40 bits per heavy atom. The van der Waals surface area contributed by atoms with Crippen molar-refractivity contribution in [1.82, 2.24) is 4.90 Å². The van der Waals surface area contributed by atoms with Crippen molar-refractivity contribution in [3.05, 3.63) is 29.8 Å². The highest BCUT2D eigenvalue weighted by Gasteiger charge is 2.25. The van der Waals surface area contributed by atoms with Gasteiger partial charge in [-0.3, -0.25) is 0 Å². The minimum atomic E-state index is -0.0274. The molecule has 0 radical (unpaired) electrons. The molecule has 1 aliphatic rings. The summed E-state index contributed by atoms with van der Waals surface area (Å²) < 4.78 is 0. The zero-order chi connectivity index (χ0) is 14.5. The van der Waals surface area contributed by atoms with Gasteiger partial charge in [0.05, 0.1) is 0 Å². The van der Waals surface area contributed by atoms with Crippen LogP contribution in [0.2, 0.25) is 0 Å². The Kier molecular flexibility index (Phi) is 4.68. The van der Waals surface area contributed by atoms with Crippen LogP contribution in [0.1, 0.15) is 38.7 Å². The second-order valence-electron chi connectivity index (χ2n) is 5.69. The quantitative estimate of drug-likeness (QED) is 0.775. The van der Waals surface area contributed by atoms with E-state index in [-0.39, 0.29) is 12.1 Å². The number of urea groups is 1. The van der Waals surface area contributed by atoms with Gasteiger partial charge in [0.1, 0.15) is 0 Å². The maximum atomic E-state index is 12.4. The summed E-state index contributed by atoms with van der Waals surface area (Å²) in [6.07, 6.45) is 8.84. The summed E-state index contributed by atoms with van der Waals surface area (Å²) in [6, 6.07) is 7.66. The summed E-state index contributed by atoms with van der Waals surface area (Å²) in [7, 11) is 0. The molecule has 1 N–H and O–H groups in total. The number of hydrogen-bond donors (Lipinski definition) is 1. The number of likely N-dealkylation sites (tertiary alicyclic amines) is 1. The molecule has 20 heavy (non-hydrogen) atoms. The van der Waals surface area contributed by atoms with Gasteiger partial charge in [-0.15, -0.1) is 6.42 Å². The molecule has 1 aromatic carbocycles. The molecule has 0 saturated carbocycles. The third-order valence-electron chi connectivity index (χ3n) is 3.90. The van der Waals surface area contributed by atoms with E-state index >= 15 is 0 Å². The first-order valence-electron chi connectivity index (χ1n) is 7.24. The molecule has 2 rings (SSSR count). The van der Waals surface area contributed by atoms with Crippen LogP contribution in [0.4, 0.5) is 10.5 Å². The van der Waals surface area contributed by atoms with Gasteiger partial charge in [-0.2, -0.15) is 0 Å². The molecule has 0 aromatic heterocycles. The van der Waals surface area contributed by atoms with Gasteiger partial charge in [-0.05, 0) is 43.9 Å². The molecular formula is C17H22N2O. The molecule has 3 heteroatoms. The van der Waals surface area contributed by atoms with Gasteiger partial charge >= 0.3 is 6.03 Å². The predicted octanol–water partition coefficient (Wildman–Crippen LogP) is 3.71. The molecular weight excluding hydrogens is 248 g/mol. The zero-order valence-electron chi connectivity index (χ0n) is 12.2. The minimum Gasteiger partial charge on any atom is -0.322 e. The molecule has 1 heterocycles. The lowest BCUT2D eigenvalue weighted by Gasteiger charge is -2.28. The van der Waals surface area contributed by atoms with E-state index < -0.39 is 0 Å². The zero-order valence-corrected chi connectivity index (χ0v) is 12.2. The average Bonchev–Trinajstić information content (AvgIpc) is 2.60. The molecule has 0 bridgehead atoms.